The first-order chi connectivity index (χ1) is 10.1. The van der Waals surface area contributed by atoms with E-state index in [1.165, 1.54) is 12.5 Å². The maximum absolute atomic E-state index is 12.0. The number of hydrogen-bond acceptors (Lipinski definition) is 4. The average Bonchev–Trinajstić information content (AvgIpc) is 3.17. The van der Waals surface area contributed by atoms with Crippen LogP contribution in [0.25, 0.3) is 0 Å². The summed E-state index contributed by atoms with van der Waals surface area (Å²) in [5.74, 6) is -1.07. The fourth-order valence-corrected chi connectivity index (χ4v) is 1.99. The van der Waals surface area contributed by atoms with Crippen molar-refractivity contribution >= 4 is 12.0 Å². The van der Waals surface area contributed by atoms with E-state index in [1.54, 1.807) is 9.47 Å². The highest BCUT2D eigenvalue weighted by atomic mass is 16.4. The van der Waals surface area contributed by atoms with Crippen LogP contribution in [-0.4, -0.2) is 50.7 Å². The molecule has 8 heteroatoms. The number of aromatic nitrogens is 2. The number of carbonyl (C=O) groups excluding carboxylic acids is 1. The van der Waals surface area contributed by atoms with Crippen molar-refractivity contribution in [3.05, 3.63) is 18.2 Å². The van der Waals surface area contributed by atoms with Gasteiger partial charge in [0.25, 0.3) is 0 Å². The molecular weight excluding hydrogens is 274 g/mol. The highest BCUT2D eigenvalue weighted by Crippen LogP contribution is 2.26. The summed E-state index contributed by atoms with van der Waals surface area (Å²) in [5.41, 5.74) is -0.0186. The maximum atomic E-state index is 12.0. The van der Waals surface area contributed by atoms with Gasteiger partial charge in [-0.1, -0.05) is 0 Å². The molecule has 0 aliphatic heterocycles. The van der Waals surface area contributed by atoms with Gasteiger partial charge in [0.1, 0.15) is 0 Å². The summed E-state index contributed by atoms with van der Waals surface area (Å²) in [6.45, 7) is 1.27. The molecule has 1 heterocycles. The third-order valence-corrected chi connectivity index (χ3v) is 3.21. The van der Waals surface area contributed by atoms with Crippen molar-refractivity contribution in [2.75, 3.05) is 13.1 Å². The lowest BCUT2D eigenvalue weighted by Crippen LogP contribution is -2.42. The monoisotopic (exact) mass is 291 g/mol. The quantitative estimate of drug-likeness (QED) is 0.767. The van der Waals surface area contributed by atoms with Crippen molar-refractivity contribution in [3.8, 4) is 6.07 Å². The molecule has 2 amide bonds. The molecular formula is C13H17N5O3. The molecule has 1 fully saturated rings. The summed E-state index contributed by atoms with van der Waals surface area (Å²) < 4.78 is 1.61. The second kappa shape index (κ2) is 6.74. The Labute approximate surface area is 122 Å². The molecule has 112 valence electrons. The van der Waals surface area contributed by atoms with Gasteiger partial charge in [-0.2, -0.15) is 5.26 Å². The van der Waals surface area contributed by atoms with Gasteiger partial charge in [-0.3, -0.25) is 0 Å². The highest BCUT2D eigenvalue weighted by Gasteiger charge is 2.31. The normalized spacial score (nSPS) is 13.5. The Morgan fingerprint density at radius 3 is 2.90 bits per heavy atom. The van der Waals surface area contributed by atoms with Gasteiger partial charge in [-0.05, 0) is 12.8 Å². The second-order valence-electron chi connectivity index (χ2n) is 4.87. The van der Waals surface area contributed by atoms with Crippen molar-refractivity contribution in [3.63, 3.8) is 0 Å². The van der Waals surface area contributed by atoms with E-state index in [-0.39, 0.29) is 17.8 Å². The standard InChI is InChI=1S/C13H17N5O3/c14-4-1-6-18(10-2-3-10)13(21)15-5-7-17-8-11(12(19)20)16-9-17/h8-10H,1-3,5-7H2,(H,15,21)(H,19,20). The molecule has 0 radical (unpaired) electrons. The number of carbonyl (C=O) groups is 2. The molecule has 2 rings (SSSR count). The van der Waals surface area contributed by atoms with Gasteiger partial charge >= 0.3 is 12.0 Å². The minimum absolute atomic E-state index is 0.0186. The van der Waals surface area contributed by atoms with E-state index in [1.807, 2.05) is 6.07 Å². The van der Waals surface area contributed by atoms with Gasteiger partial charge in [0, 0.05) is 31.9 Å². The second-order valence-corrected chi connectivity index (χ2v) is 4.87. The molecule has 1 aliphatic rings. The van der Waals surface area contributed by atoms with Crippen LogP contribution >= 0.6 is 0 Å². The minimum atomic E-state index is -1.07. The summed E-state index contributed by atoms with van der Waals surface area (Å²) in [7, 11) is 0. The van der Waals surface area contributed by atoms with Crippen LogP contribution in [0.15, 0.2) is 12.5 Å². The van der Waals surface area contributed by atoms with E-state index < -0.39 is 5.97 Å². The van der Waals surface area contributed by atoms with Crippen molar-refractivity contribution < 1.29 is 14.7 Å². The van der Waals surface area contributed by atoms with Gasteiger partial charge in [0.05, 0.1) is 18.8 Å². The third-order valence-electron chi connectivity index (χ3n) is 3.21. The molecule has 1 aromatic rings. The molecule has 8 nitrogen and oxygen atoms in total. The van der Waals surface area contributed by atoms with Crippen LogP contribution in [0.1, 0.15) is 29.8 Å². The van der Waals surface area contributed by atoms with Gasteiger partial charge in [-0.15, -0.1) is 0 Å². The molecule has 1 aliphatic carbocycles. The highest BCUT2D eigenvalue weighted by molar-refractivity contribution is 5.84. The number of carboxylic acids is 1. The Morgan fingerprint density at radius 2 is 2.33 bits per heavy atom. The first-order valence-corrected chi connectivity index (χ1v) is 6.78. The minimum Gasteiger partial charge on any atom is -0.476 e. The maximum Gasteiger partial charge on any atom is 0.356 e. The van der Waals surface area contributed by atoms with Crippen LogP contribution in [-0.2, 0) is 6.54 Å². The Balaban J connectivity index is 1.77. The van der Waals surface area contributed by atoms with Crippen molar-refractivity contribution in [2.45, 2.75) is 31.8 Å². The lowest BCUT2D eigenvalue weighted by atomic mass is 10.4. The van der Waals surface area contributed by atoms with E-state index in [2.05, 4.69) is 10.3 Å². The van der Waals surface area contributed by atoms with E-state index in [0.717, 1.165) is 12.8 Å². The fourth-order valence-electron chi connectivity index (χ4n) is 1.99. The van der Waals surface area contributed by atoms with Gasteiger partial charge in [-0.25, -0.2) is 14.6 Å². The topological polar surface area (TPSA) is 111 Å². The lowest BCUT2D eigenvalue weighted by Gasteiger charge is -2.21. The number of amides is 2. The zero-order valence-corrected chi connectivity index (χ0v) is 11.5. The smallest absolute Gasteiger partial charge is 0.356 e. The zero-order chi connectivity index (χ0) is 15.2. The van der Waals surface area contributed by atoms with Crippen molar-refractivity contribution in [1.82, 2.24) is 19.8 Å². The SMILES string of the molecule is N#CCCN(C(=O)NCCn1cnc(C(=O)O)c1)C1CC1. The molecule has 0 unspecified atom stereocenters. The molecule has 0 bridgehead atoms. The Morgan fingerprint density at radius 1 is 1.57 bits per heavy atom. The predicted molar refractivity (Wildman–Crippen MR) is 72.5 cm³/mol. The molecule has 1 saturated carbocycles. The number of rotatable bonds is 7. The number of nitriles is 1. The summed E-state index contributed by atoms with van der Waals surface area (Å²) >= 11 is 0. The Bertz CT molecular complexity index is 558. The van der Waals surface area contributed by atoms with E-state index in [9.17, 15) is 9.59 Å². The van der Waals surface area contributed by atoms with Crippen LogP contribution in [0.3, 0.4) is 0 Å². The number of urea groups is 1. The Kier molecular flexibility index (Phi) is 4.77. The number of hydrogen-bond donors (Lipinski definition) is 2. The van der Waals surface area contributed by atoms with E-state index >= 15 is 0 Å². The van der Waals surface area contributed by atoms with Gasteiger partial charge in [0.15, 0.2) is 5.69 Å². The summed E-state index contributed by atoms with van der Waals surface area (Å²) in [6, 6.07) is 2.12. The summed E-state index contributed by atoms with van der Waals surface area (Å²) in [5, 5.41) is 20.1. The summed E-state index contributed by atoms with van der Waals surface area (Å²) in [4.78, 5) is 28.1. The van der Waals surface area contributed by atoms with Crippen LogP contribution in [0.4, 0.5) is 4.79 Å². The molecule has 1 aromatic heterocycles. The van der Waals surface area contributed by atoms with Crippen LogP contribution in [0.2, 0.25) is 0 Å². The molecule has 21 heavy (non-hydrogen) atoms. The van der Waals surface area contributed by atoms with Gasteiger partial charge < -0.3 is 19.9 Å². The largest absolute Gasteiger partial charge is 0.476 e. The van der Waals surface area contributed by atoms with Crippen molar-refractivity contribution in [2.24, 2.45) is 0 Å². The molecule has 2 N–H and O–H groups in total. The van der Waals surface area contributed by atoms with Crippen LogP contribution < -0.4 is 5.32 Å². The lowest BCUT2D eigenvalue weighted by molar-refractivity contribution is 0.0691. The predicted octanol–water partition coefficient (Wildman–Crippen LogP) is 0.669. The number of imidazole rings is 1. The molecule has 0 saturated heterocycles. The third kappa shape index (κ3) is 4.21. The van der Waals surface area contributed by atoms with Crippen molar-refractivity contribution in [1.29, 1.82) is 5.26 Å². The van der Waals surface area contributed by atoms with Crippen LogP contribution in [0, 0.1) is 11.3 Å². The molecule has 0 atom stereocenters. The average molecular weight is 291 g/mol. The van der Waals surface area contributed by atoms with Gasteiger partial charge in [0.2, 0.25) is 0 Å². The zero-order valence-electron chi connectivity index (χ0n) is 11.5. The number of nitrogens with zero attached hydrogens (tertiary/aromatic N) is 4. The van der Waals surface area contributed by atoms with Crippen LogP contribution in [0.5, 0.6) is 0 Å². The Hall–Kier alpha value is -2.56. The number of carboxylic acid groups (broad SMARTS) is 1. The van der Waals surface area contributed by atoms with E-state index in [4.69, 9.17) is 10.4 Å². The molecule has 0 aromatic carbocycles. The number of aromatic carboxylic acids is 1. The van der Waals surface area contributed by atoms with E-state index in [0.29, 0.717) is 26.1 Å². The first kappa shape index (κ1) is 14.8. The number of nitrogens with one attached hydrogen (secondary N) is 1. The first-order valence-electron chi connectivity index (χ1n) is 6.78. The molecule has 0 spiro atoms. The fraction of sp³-hybridized carbons (Fsp3) is 0.538. The summed E-state index contributed by atoms with van der Waals surface area (Å²) in [6.07, 6.45) is 5.14.